The summed E-state index contributed by atoms with van der Waals surface area (Å²) in [6.07, 6.45) is 2.38. The number of amides is 4. The molecule has 2 aliphatic heterocycles. The highest BCUT2D eigenvalue weighted by atomic mass is 16.3. The first kappa shape index (κ1) is 31.4. The maximum Gasteiger partial charge on any atom is 0.260 e. The number of phenols is 1. The molecule has 4 amide bonds. The van der Waals surface area contributed by atoms with E-state index in [2.05, 4.69) is 5.43 Å². The molecule has 2 aliphatic carbocycles. The highest BCUT2D eigenvalue weighted by molar-refractivity contribution is 6.22. The summed E-state index contributed by atoms with van der Waals surface area (Å²) < 4.78 is 0. The number of hydrogen-bond acceptors (Lipinski definition) is 7. The van der Waals surface area contributed by atoms with Crippen molar-refractivity contribution in [3.05, 3.63) is 137 Å². The van der Waals surface area contributed by atoms with Gasteiger partial charge >= 0.3 is 0 Å². The average Bonchev–Trinajstić information content (AvgIpc) is 3.50. The summed E-state index contributed by atoms with van der Waals surface area (Å²) in [6.45, 7) is 3.40. The summed E-state index contributed by atoms with van der Waals surface area (Å²) in [4.78, 5) is 71.4. The number of hydrazine groups is 1. The molecule has 0 aromatic heterocycles. The van der Waals surface area contributed by atoms with Gasteiger partial charge in [0, 0.05) is 17.0 Å². The molecule has 4 aromatic rings. The van der Waals surface area contributed by atoms with Gasteiger partial charge in [-0.3, -0.25) is 34.3 Å². The van der Waals surface area contributed by atoms with Gasteiger partial charge in [0.2, 0.25) is 11.8 Å². The van der Waals surface area contributed by atoms with Gasteiger partial charge in [0.15, 0.2) is 5.78 Å². The monoisotopic (exact) mass is 665 g/mol. The van der Waals surface area contributed by atoms with E-state index < -0.39 is 46.8 Å². The lowest BCUT2D eigenvalue weighted by Gasteiger charge is -2.50. The molecular weight excluding hydrogens is 630 g/mol. The highest BCUT2D eigenvalue weighted by Crippen LogP contribution is 2.65. The molecule has 4 aliphatic rings. The van der Waals surface area contributed by atoms with E-state index in [0.29, 0.717) is 28.1 Å². The molecule has 4 aromatic carbocycles. The second kappa shape index (κ2) is 11.7. The number of aryl methyl sites for hydroxylation is 1. The molecule has 6 unspecified atom stereocenters. The van der Waals surface area contributed by atoms with Crippen LogP contribution in [0, 0.1) is 30.6 Å². The number of carbonyl (C=O) groups is 5. The molecule has 9 nitrogen and oxygen atoms in total. The number of ketones is 1. The molecule has 6 atom stereocenters. The van der Waals surface area contributed by atoms with Crippen molar-refractivity contribution in [2.75, 3.05) is 10.3 Å². The van der Waals surface area contributed by atoms with Crippen molar-refractivity contribution in [1.29, 1.82) is 0 Å². The molecule has 2 saturated heterocycles. The summed E-state index contributed by atoms with van der Waals surface area (Å²) in [5.41, 5.74) is 5.94. The van der Waals surface area contributed by atoms with Gasteiger partial charge in [-0.05, 0) is 80.6 Å². The minimum atomic E-state index is -1.46. The van der Waals surface area contributed by atoms with Gasteiger partial charge in [0.1, 0.15) is 5.75 Å². The fourth-order valence-electron chi connectivity index (χ4n) is 8.92. The smallest absolute Gasteiger partial charge is 0.260 e. The van der Waals surface area contributed by atoms with E-state index >= 15 is 4.79 Å². The number of para-hydroxylation sites is 1. The molecule has 2 heterocycles. The predicted molar refractivity (Wildman–Crippen MR) is 186 cm³/mol. The number of allylic oxidation sites excluding steroid dienone is 2. The van der Waals surface area contributed by atoms with E-state index in [9.17, 15) is 24.3 Å². The third kappa shape index (κ3) is 4.49. The van der Waals surface area contributed by atoms with Crippen LogP contribution in [0.1, 0.15) is 52.7 Å². The minimum absolute atomic E-state index is 0.0264. The number of nitrogens with zero attached hydrogens (tertiary/aromatic N) is 2. The number of nitrogens with one attached hydrogen (secondary N) is 1. The fraction of sp³-hybridized carbons (Fsp3) is 0.244. The van der Waals surface area contributed by atoms with Gasteiger partial charge in [-0.2, -0.15) is 5.01 Å². The van der Waals surface area contributed by atoms with Gasteiger partial charge in [-0.1, -0.05) is 77.9 Å². The van der Waals surface area contributed by atoms with Gasteiger partial charge in [0.05, 0.1) is 34.5 Å². The lowest BCUT2D eigenvalue weighted by atomic mass is 9.49. The Morgan fingerprint density at radius 1 is 0.800 bits per heavy atom. The maximum absolute atomic E-state index is 15.2. The normalized spacial score (nSPS) is 27.1. The molecule has 250 valence electrons. The van der Waals surface area contributed by atoms with Crippen LogP contribution in [0.5, 0.6) is 5.75 Å². The van der Waals surface area contributed by atoms with Crippen molar-refractivity contribution < 1.29 is 29.1 Å². The number of fused-ring (bicyclic) bond motifs is 4. The molecule has 2 N–H and O–H groups in total. The van der Waals surface area contributed by atoms with Crippen LogP contribution in [0.4, 0.5) is 11.4 Å². The third-order valence-corrected chi connectivity index (χ3v) is 11.2. The van der Waals surface area contributed by atoms with Crippen molar-refractivity contribution >= 4 is 40.8 Å². The molecule has 8 rings (SSSR count). The maximum atomic E-state index is 15.2. The van der Waals surface area contributed by atoms with Crippen LogP contribution in [-0.2, 0) is 24.6 Å². The molecule has 0 radical (unpaired) electrons. The second-order valence-electron chi connectivity index (χ2n) is 13.8. The lowest BCUT2D eigenvalue weighted by molar-refractivity contribution is -0.138. The van der Waals surface area contributed by atoms with Crippen LogP contribution in [-0.4, -0.2) is 39.5 Å². The van der Waals surface area contributed by atoms with E-state index in [-0.39, 0.29) is 36.2 Å². The Bertz CT molecular complexity index is 2110. The first-order valence-corrected chi connectivity index (χ1v) is 16.9. The second-order valence-corrected chi connectivity index (χ2v) is 13.8. The summed E-state index contributed by atoms with van der Waals surface area (Å²) in [5.74, 6) is -5.48. The fourth-order valence-corrected chi connectivity index (χ4v) is 8.92. The Morgan fingerprint density at radius 2 is 1.48 bits per heavy atom. The Kier molecular flexibility index (Phi) is 7.33. The Hall–Kier alpha value is -5.83. The Labute approximate surface area is 289 Å². The third-order valence-electron chi connectivity index (χ3n) is 11.2. The van der Waals surface area contributed by atoms with Crippen LogP contribution < -0.4 is 10.3 Å². The lowest BCUT2D eigenvalue weighted by Crippen LogP contribution is -2.53. The molecule has 3 fully saturated rings. The van der Waals surface area contributed by atoms with E-state index in [1.165, 1.54) is 11.8 Å². The van der Waals surface area contributed by atoms with Crippen LogP contribution in [0.25, 0.3) is 0 Å². The van der Waals surface area contributed by atoms with Gasteiger partial charge < -0.3 is 5.11 Å². The molecule has 0 bridgehead atoms. The summed E-state index contributed by atoms with van der Waals surface area (Å²) in [7, 11) is 0. The summed E-state index contributed by atoms with van der Waals surface area (Å²) >= 11 is 0. The van der Waals surface area contributed by atoms with Crippen LogP contribution >= 0.6 is 0 Å². The van der Waals surface area contributed by atoms with Crippen molar-refractivity contribution in [2.45, 2.75) is 38.0 Å². The quantitative estimate of drug-likeness (QED) is 0.145. The van der Waals surface area contributed by atoms with Crippen molar-refractivity contribution in [2.24, 2.45) is 23.7 Å². The topological polar surface area (TPSA) is 124 Å². The van der Waals surface area contributed by atoms with Crippen LogP contribution in [0.15, 0.2) is 115 Å². The number of benzene rings is 4. The Morgan fingerprint density at radius 3 is 2.16 bits per heavy atom. The number of Topliss-reactive ketones (excluding diaryl/α,β-unsaturated/α-hetero) is 1. The number of imide groups is 2. The van der Waals surface area contributed by atoms with Gasteiger partial charge in [-0.15, -0.1) is 0 Å². The van der Waals surface area contributed by atoms with Gasteiger partial charge in [0.25, 0.3) is 11.8 Å². The first-order valence-electron chi connectivity index (χ1n) is 16.9. The number of rotatable bonds is 6. The molecular formula is C41H35N3O6. The zero-order valence-electron chi connectivity index (χ0n) is 27.6. The summed E-state index contributed by atoms with van der Waals surface area (Å²) in [5, 5.41) is 12.5. The van der Waals surface area contributed by atoms with E-state index in [1.807, 2.05) is 55.5 Å². The zero-order valence-corrected chi connectivity index (χ0v) is 27.6. The van der Waals surface area contributed by atoms with Crippen molar-refractivity contribution in [3.63, 3.8) is 0 Å². The number of carbonyl (C=O) groups excluding carboxylic acids is 5. The highest BCUT2D eigenvalue weighted by Gasteiger charge is 2.70. The average molecular weight is 666 g/mol. The minimum Gasteiger partial charge on any atom is -0.508 e. The number of hydrogen-bond donors (Lipinski definition) is 2. The summed E-state index contributed by atoms with van der Waals surface area (Å²) in [6, 6.07) is 29.9. The number of phenolic OH excluding ortho intramolecular Hbond substituents is 1. The SMILES string of the molecule is CC(=O)c1ccc(N2C(=O)C3CC=C4C(CC5C(=O)N(Nc6ccc(C)cc6)C(=O)C5(c5ccccc5)C4c4ccccc4O)C3C2=O)cc1. The molecule has 50 heavy (non-hydrogen) atoms. The molecule has 0 spiro atoms. The zero-order chi connectivity index (χ0) is 34.9. The van der Waals surface area contributed by atoms with Crippen LogP contribution in [0.2, 0.25) is 0 Å². The van der Waals surface area contributed by atoms with E-state index in [0.717, 1.165) is 16.1 Å². The van der Waals surface area contributed by atoms with Crippen molar-refractivity contribution in [3.8, 4) is 5.75 Å². The van der Waals surface area contributed by atoms with Crippen molar-refractivity contribution in [1.82, 2.24) is 5.01 Å². The van der Waals surface area contributed by atoms with Gasteiger partial charge in [-0.25, -0.2) is 0 Å². The number of anilines is 2. The van der Waals surface area contributed by atoms with E-state index in [1.54, 1.807) is 60.7 Å². The predicted octanol–water partition coefficient (Wildman–Crippen LogP) is 6.09. The largest absolute Gasteiger partial charge is 0.508 e. The van der Waals surface area contributed by atoms with Crippen LogP contribution in [0.3, 0.4) is 0 Å². The first-order chi connectivity index (χ1) is 24.1. The molecule has 9 heteroatoms. The number of aromatic hydroxyl groups is 1. The standard InChI is InChI=1S/C41H35N3O6/c1-23-12-16-27(17-13-23)42-44-38(48)33-22-32-29(20-21-31-35(32)39(49)43(37(31)47)28-18-14-25(15-19-28)24(2)45)36(30-10-6-7-11-34(30)46)41(33,40(44)50)26-8-4-3-5-9-26/h3-20,31-33,35-36,42,46H,21-22H2,1-2H3. The van der Waals surface area contributed by atoms with E-state index in [4.69, 9.17) is 0 Å². The Balaban J connectivity index is 1.29. The molecule has 1 saturated carbocycles.